The quantitative estimate of drug-likeness (QED) is 0.288. The molecule has 2 bridgehead atoms. The van der Waals surface area contributed by atoms with Crippen LogP contribution in [0.5, 0.6) is 0 Å². The molecule has 3 heterocycles. The summed E-state index contributed by atoms with van der Waals surface area (Å²) in [5, 5.41) is 6.00. The normalized spacial score (nSPS) is 12.0. The number of nitrogens with zero attached hydrogens (tertiary/aromatic N) is 1. The van der Waals surface area contributed by atoms with E-state index in [0.29, 0.717) is 0 Å². The maximum Gasteiger partial charge on any atom is 0.136 e. The van der Waals surface area contributed by atoms with Crippen LogP contribution in [-0.2, 0) is 0 Å². The Morgan fingerprint density at radius 1 is 0.636 bits per heavy atom. The third-order valence-electron chi connectivity index (χ3n) is 6.68. The van der Waals surface area contributed by atoms with Gasteiger partial charge in [0.25, 0.3) is 0 Å². The van der Waals surface area contributed by atoms with Crippen molar-refractivity contribution in [2.45, 2.75) is 6.92 Å². The Morgan fingerprint density at radius 3 is 2.30 bits per heavy atom. The first-order chi connectivity index (χ1) is 16.3. The smallest absolute Gasteiger partial charge is 0.136 e. The number of benzene rings is 4. The number of rotatable bonds is 1. The van der Waals surface area contributed by atoms with Crippen molar-refractivity contribution in [1.82, 2.24) is 4.98 Å². The van der Waals surface area contributed by atoms with E-state index in [-0.39, 0.29) is 0 Å². The first kappa shape index (κ1) is 18.2. The highest BCUT2D eigenvalue weighted by Gasteiger charge is 2.21. The van der Waals surface area contributed by atoms with Crippen molar-refractivity contribution in [3.63, 3.8) is 0 Å². The van der Waals surface area contributed by atoms with Gasteiger partial charge in [-0.25, -0.2) is 0 Å². The van der Waals surface area contributed by atoms with Gasteiger partial charge < -0.3 is 9.73 Å². The van der Waals surface area contributed by atoms with Crippen LogP contribution in [0.15, 0.2) is 102 Å². The Kier molecular flexibility index (Phi) is 3.76. The summed E-state index contributed by atoms with van der Waals surface area (Å²) in [6.45, 7) is 2.21. The van der Waals surface area contributed by atoms with Crippen LogP contribution in [0.3, 0.4) is 0 Å². The van der Waals surface area contributed by atoms with E-state index in [1.807, 2.05) is 30.5 Å². The molecule has 0 amide bonds. The van der Waals surface area contributed by atoms with Crippen molar-refractivity contribution >= 4 is 33.3 Å². The number of pyridine rings is 1. The Hall–Kier alpha value is -4.37. The first-order valence-corrected chi connectivity index (χ1v) is 11.1. The van der Waals surface area contributed by atoms with Gasteiger partial charge in [-0.1, -0.05) is 48.5 Å². The number of nitrogens with one attached hydrogen (secondary N) is 1. The van der Waals surface area contributed by atoms with E-state index in [0.717, 1.165) is 50.1 Å². The van der Waals surface area contributed by atoms with Crippen LogP contribution in [0, 0.1) is 6.92 Å². The van der Waals surface area contributed by atoms with Crippen molar-refractivity contribution in [2.24, 2.45) is 0 Å². The number of anilines is 2. The summed E-state index contributed by atoms with van der Waals surface area (Å²) in [5.41, 5.74) is 12.1. The molecule has 0 spiro atoms. The van der Waals surface area contributed by atoms with Crippen molar-refractivity contribution < 1.29 is 4.42 Å². The number of furan rings is 1. The Labute approximate surface area is 191 Å². The van der Waals surface area contributed by atoms with Crippen LogP contribution < -0.4 is 5.32 Å². The van der Waals surface area contributed by atoms with Gasteiger partial charge in [0.2, 0.25) is 0 Å². The van der Waals surface area contributed by atoms with Gasteiger partial charge in [0, 0.05) is 45.0 Å². The van der Waals surface area contributed by atoms with E-state index in [1.165, 1.54) is 22.3 Å². The van der Waals surface area contributed by atoms with Gasteiger partial charge in [-0.15, -0.1) is 0 Å². The zero-order chi connectivity index (χ0) is 21.9. The van der Waals surface area contributed by atoms with E-state index in [4.69, 9.17) is 4.42 Å². The van der Waals surface area contributed by atoms with Crippen LogP contribution in [0.4, 0.5) is 11.4 Å². The topological polar surface area (TPSA) is 38.1 Å². The van der Waals surface area contributed by atoms with Crippen molar-refractivity contribution in [3.05, 3.63) is 103 Å². The summed E-state index contributed by atoms with van der Waals surface area (Å²) >= 11 is 0. The average Bonchev–Trinajstić information content (AvgIpc) is 3.22. The van der Waals surface area contributed by atoms with Gasteiger partial charge in [-0.2, -0.15) is 0 Å². The zero-order valence-electron chi connectivity index (χ0n) is 18.1. The highest BCUT2D eigenvalue weighted by molar-refractivity contribution is 6.09. The number of hydrogen-bond donors (Lipinski definition) is 1. The molecule has 156 valence electrons. The minimum atomic E-state index is 0.910. The van der Waals surface area contributed by atoms with Gasteiger partial charge in [0.1, 0.15) is 11.2 Å². The minimum absolute atomic E-state index is 0.910. The second-order valence-corrected chi connectivity index (χ2v) is 8.57. The molecule has 3 heteroatoms. The summed E-state index contributed by atoms with van der Waals surface area (Å²) < 4.78 is 6.20. The molecule has 0 aliphatic carbocycles. The molecule has 0 saturated heterocycles. The zero-order valence-corrected chi connectivity index (χ0v) is 18.1. The highest BCUT2D eigenvalue weighted by Crippen LogP contribution is 2.46. The minimum Gasteiger partial charge on any atom is -0.456 e. The predicted octanol–water partition coefficient (Wildman–Crippen LogP) is 8.35. The lowest BCUT2D eigenvalue weighted by Crippen LogP contribution is -2.02. The molecule has 1 aliphatic rings. The van der Waals surface area contributed by atoms with Gasteiger partial charge in [-0.05, 0) is 66.1 Å². The molecule has 4 aromatic carbocycles. The molecule has 33 heavy (non-hydrogen) atoms. The van der Waals surface area contributed by atoms with Crippen LogP contribution in [-0.4, -0.2) is 4.98 Å². The molecule has 0 atom stereocenters. The second kappa shape index (κ2) is 6.81. The maximum atomic E-state index is 6.20. The van der Waals surface area contributed by atoms with Crippen molar-refractivity contribution in [2.75, 3.05) is 5.32 Å². The summed E-state index contributed by atoms with van der Waals surface area (Å²) in [4.78, 5) is 4.56. The van der Waals surface area contributed by atoms with E-state index in [9.17, 15) is 0 Å². The van der Waals surface area contributed by atoms with Crippen molar-refractivity contribution in [3.8, 4) is 33.5 Å². The summed E-state index contributed by atoms with van der Waals surface area (Å²) in [5.74, 6) is 0. The summed E-state index contributed by atoms with van der Waals surface area (Å²) in [6.07, 6.45) is 1.84. The van der Waals surface area contributed by atoms with E-state index in [2.05, 4.69) is 84.0 Å². The fraction of sp³-hybridized carbons (Fsp3) is 0.0333. The first-order valence-electron chi connectivity index (χ1n) is 11.1. The number of hydrogen-bond acceptors (Lipinski definition) is 3. The lowest BCUT2D eigenvalue weighted by molar-refractivity contribution is 0.669. The fourth-order valence-electron chi connectivity index (χ4n) is 5.03. The third kappa shape index (κ3) is 2.72. The number of para-hydroxylation sites is 1. The SMILES string of the molecule is Cc1c2cccc1-c1cc3oc4ccccc4c3cc1Nc1ccc(-c3ccccn3)cc1-2. The molecular formula is C30H20N2O. The van der Waals surface area contributed by atoms with E-state index in [1.54, 1.807) is 0 Å². The molecule has 0 unspecified atom stereocenters. The van der Waals surface area contributed by atoms with Crippen molar-refractivity contribution in [1.29, 1.82) is 0 Å². The monoisotopic (exact) mass is 424 g/mol. The molecule has 1 N–H and O–H groups in total. The van der Waals surface area contributed by atoms with Gasteiger partial charge >= 0.3 is 0 Å². The Morgan fingerprint density at radius 2 is 1.45 bits per heavy atom. The van der Waals surface area contributed by atoms with E-state index < -0.39 is 0 Å². The molecule has 0 radical (unpaired) electrons. The Balaban J connectivity index is 1.51. The van der Waals surface area contributed by atoms with Crippen LogP contribution in [0.25, 0.3) is 55.4 Å². The van der Waals surface area contributed by atoms with Crippen LogP contribution >= 0.6 is 0 Å². The molecular weight excluding hydrogens is 404 g/mol. The molecule has 6 aromatic rings. The highest BCUT2D eigenvalue weighted by atomic mass is 16.3. The summed E-state index contributed by atoms with van der Waals surface area (Å²) in [6, 6.07) is 31.7. The lowest BCUT2D eigenvalue weighted by Gasteiger charge is -2.23. The largest absolute Gasteiger partial charge is 0.456 e. The molecule has 7 rings (SSSR count). The average molecular weight is 425 g/mol. The van der Waals surface area contributed by atoms with Gasteiger partial charge in [0.15, 0.2) is 0 Å². The Bertz CT molecular complexity index is 1700. The summed E-state index contributed by atoms with van der Waals surface area (Å²) in [7, 11) is 0. The maximum absolute atomic E-state index is 6.20. The van der Waals surface area contributed by atoms with E-state index >= 15 is 0 Å². The standard InChI is InChI=1S/C30H20N2O/c1-18-20-8-6-9-21(18)24-17-30-25(22-7-2-3-11-29(22)33-30)16-28(24)32-27-13-12-19(15-23(20)27)26-10-4-5-14-31-26/h2-17,32H,1H3. The molecule has 0 fully saturated rings. The molecule has 2 aromatic heterocycles. The lowest BCUT2D eigenvalue weighted by atomic mass is 9.88. The van der Waals surface area contributed by atoms with Crippen LogP contribution in [0.1, 0.15) is 5.56 Å². The number of aromatic nitrogens is 1. The van der Waals surface area contributed by atoms with Gasteiger partial charge in [-0.3, -0.25) is 4.98 Å². The second-order valence-electron chi connectivity index (χ2n) is 8.57. The fourth-order valence-corrected chi connectivity index (χ4v) is 5.03. The third-order valence-corrected chi connectivity index (χ3v) is 6.68. The van der Waals surface area contributed by atoms with Gasteiger partial charge in [0.05, 0.1) is 5.69 Å². The molecule has 3 nitrogen and oxygen atoms in total. The predicted molar refractivity (Wildman–Crippen MR) is 136 cm³/mol. The molecule has 0 saturated carbocycles. The number of fused-ring (bicyclic) bond motifs is 9. The molecule has 1 aliphatic heterocycles. The van der Waals surface area contributed by atoms with Crippen LogP contribution in [0.2, 0.25) is 0 Å².